The van der Waals surface area contributed by atoms with Crippen LogP contribution in [0, 0.1) is 5.92 Å². The fraction of sp³-hybridized carbons (Fsp3) is 0.214. The van der Waals surface area contributed by atoms with Crippen molar-refractivity contribution in [3.63, 3.8) is 0 Å². The van der Waals surface area contributed by atoms with Crippen LogP contribution in [0.1, 0.15) is 18.1 Å². The number of fused-ring (bicyclic) bond motifs is 1. The second-order valence-electron chi connectivity index (χ2n) is 4.11. The minimum Gasteiger partial charge on any atom is -0.302 e. The van der Waals surface area contributed by atoms with Gasteiger partial charge in [0.15, 0.2) is 0 Å². The zero-order chi connectivity index (χ0) is 10.9. The Morgan fingerprint density at radius 1 is 1.40 bits per heavy atom. The van der Waals surface area contributed by atoms with E-state index in [1.54, 1.807) is 0 Å². The highest BCUT2D eigenvalue weighted by molar-refractivity contribution is 5.76. The Hall–Kier alpha value is -1.63. The molecule has 1 heteroatoms. The Kier molecular flexibility index (Phi) is 2.31. The van der Waals surface area contributed by atoms with E-state index in [4.69, 9.17) is 0 Å². The molecule has 0 spiro atoms. The van der Waals surface area contributed by atoms with Crippen LogP contribution in [0.3, 0.4) is 0 Å². The Balaban J connectivity index is 2.64. The van der Waals surface area contributed by atoms with Crippen molar-refractivity contribution in [3.8, 4) is 0 Å². The fourth-order valence-corrected chi connectivity index (χ4v) is 2.19. The maximum Gasteiger partial charge on any atom is 0.131 e. The van der Waals surface area contributed by atoms with Crippen LogP contribution < -0.4 is 0 Å². The summed E-state index contributed by atoms with van der Waals surface area (Å²) in [7, 11) is 0. The highest BCUT2D eigenvalue weighted by atomic mass is 16.1. The number of carbonyl (C=O) groups is 1. The summed E-state index contributed by atoms with van der Waals surface area (Å²) in [6, 6.07) is 8.01. The van der Waals surface area contributed by atoms with Crippen molar-refractivity contribution in [3.05, 3.63) is 54.1 Å². The first kappa shape index (κ1) is 9.91. The van der Waals surface area contributed by atoms with Gasteiger partial charge in [-0.15, -0.1) is 6.58 Å². The van der Waals surface area contributed by atoms with Crippen LogP contribution in [-0.2, 0) is 10.2 Å². The van der Waals surface area contributed by atoms with Gasteiger partial charge in [-0.3, -0.25) is 0 Å². The van der Waals surface area contributed by atoms with Crippen molar-refractivity contribution in [2.75, 3.05) is 0 Å². The molecule has 1 nitrogen and oxygen atoms in total. The smallest absolute Gasteiger partial charge is 0.131 e. The number of carbonyl (C=O) groups excluding carboxylic acids is 1. The Morgan fingerprint density at radius 3 is 2.80 bits per heavy atom. The third-order valence-electron chi connectivity index (χ3n) is 3.22. The molecule has 0 aromatic heterocycles. The maximum atomic E-state index is 11.3. The van der Waals surface area contributed by atoms with Gasteiger partial charge in [-0.1, -0.05) is 42.5 Å². The molecule has 0 aliphatic heterocycles. The molecular formula is C14H14O. The number of hydrogen-bond donors (Lipinski definition) is 0. The van der Waals surface area contributed by atoms with Gasteiger partial charge in [0.25, 0.3) is 0 Å². The van der Waals surface area contributed by atoms with E-state index in [9.17, 15) is 4.79 Å². The van der Waals surface area contributed by atoms with E-state index < -0.39 is 5.41 Å². The second-order valence-corrected chi connectivity index (χ2v) is 4.11. The van der Waals surface area contributed by atoms with Crippen LogP contribution in [0.5, 0.6) is 0 Å². The average molecular weight is 198 g/mol. The summed E-state index contributed by atoms with van der Waals surface area (Å²) in [6.45, 7) is 5.76. The quantitative estimate of drug-likeness (QED) is 0.527. The Labute approximate surface area is 90.1 Å². The van der Waals surface area contributed by atoms with Crippen LogP contribution in [0.15, 0.2) is 43.0 Å². The van der Waals surface area contributed by atoms with Crippen LogP contribution >= 0.6 is 0 Å². The van der Waals surface area contributed by atoms with Crippen molar-refractivity contribution in [1.82, 2.24) is 0 Å². The van der Waals surface area contributed by atoms with Crippen molar-refractivity contribution < 1.29 is 4.79 Å². The van der Waals surface area contributed by atoms with Crippen LogP contribution in [-0.4, -0.2) is 6.29 Å². The van der Waals surface area contributed by atoms with Gasteiger partial charge < -0.3 is 4.79 Å². The molecule has 15 heavy (non-hydrogen) atoms. The van der Waals surface area contributed by atoms with Crippen molar-refractivity contribution >= 4 is 12.4 Å². The van der Waals surface area contributed by atoms with E-state index in [0.717, 1.165) is 17.4 Å². The molecule has 0 amide bonds. The third kappa shape index (κ3) is 1.35. The molecule has 1 aliphatic carbocycles. The van der Waals surface area contributed by atoms with Gasteiger partial charge in [0.2, 0.25) is 0 Å². The first-order valence-corrected chi connectivity index (χ1v) is 5.09. The number of benzene rings is 1. The second kappa shape index (κ2) is 3.50. The lowest BCUT2D eigenvalue weighted by Crippen LogP contribution is -2.34. The summed E-state index contributed by atoms with van der Waals surface area (Å²) >= 11 is 0. The Bertz CT molecular complexity index is 431. The molecule has 76 valence electrons. The molecule has 0 radical (unpaired) electrons. The topological polar surface area (TPSA) is 17.1 Å². The van der Waals surface area contributed by atoms with Gasteiger partial charge in [-0.05, 0) is 18.1 Å². The Morgan fingerprint density at radius 2 is 2.13 bits per heavy atom. The third-order valence-corrected chi connectivity index (χ3v) is 3.22. The van der Waals surface area contributed by atoms with E-state index in [1.165, 1.54) is 0 Å². The summed E-state index contributed by atoms with van der Waals surface area (Å²) in [6.07, 6.45) is 6.97. The van der Waals surface area contributed by atoms with E-state index in [0.29, 0.717) is 0 Å². The van der Waals surface area contributed by atoms with Gasteiger partial charge >= 0.3 is 0 Å². The molecule has 0 heterocycles. The van der Waals surface area contributed by atoms with Crippen LogP contribution in [0.25, 0.3) is 6.08 Å². The highest BCUT2D eigenvalue weighted by Gasteiger charge is 2.36. The molecule has 0 N–H and O–H groups in total. The number of hydrogen-bond acceptors (Lipinski definition) is 1. The zero-order valence-corrected chi connectivity index (χ0v) is 8.81. The van der Waals surface area contributed by atoms with E-state index in [2.05, 4.69) is 12.7 Å². The maximum absolute atomic E-state index is 11.3. The van der Waals surface area contributed by atoms with E-state index in [1.807, 2.05) is 43.3 Å². The van der Waals surface area contributed by atoms with Crippen molar-refractivity contribution in [2.24, 2.45) is 5.92 Å². The van der Waals surface area contributed by atoms with Gasteiger partial charge in [0.1, 0.15) is 6.29 Å². The summed E-state index contributed by atoms with van der Waals surface area (Å²) in [5.41, 5.74) is 1.75. The predicted octanol–water partition coefficient (Wildman–Crippen LogP) is 2.97. The minimum absolute atomic E-state index is 0.0879. The summed E-state index contributed by atoms with van der Waals surface area (Å²) in [5.74, 6) is 0.0879. The fourth-order valence-electron chi connectivity index (χ4n) is 2.19. The largest absolute Gasteiger partial charge is 0.302 e. The zero-order valence-electron chi connectivity index (χ0n) is 8.81. The minimum atomic E-state index is -0.465. The summed E-state index contributed by atoms with van der Waals surface area (Å²) in [4.78, 5) is 11.3. The van der Waals surface area contributed by atoms with Crippen molar-refractivity contribution in [2.45, 2.75) is 12.3 Å². The first-order chi connectivity index (χ1) is 7.22. The normalized spacial score (nSPS) is 28.2. The highest BCUT2D eigenvalue weighted by Crippen LogP contribution is 2.38. The molecule has 1 aromatic rings. The van der Waals surface area contributed by atoms with Gasteiger partial charge in [0.05, 0.1) is 5.41 Å². The average Bonchev–Trinajstić information content (AvgIpc) is 2.30. The van der Waals surface area contributed by atoms with Crippen LogP contribution in [0.2, 0.25) is 0 Å². The molecule has 1 aromatic carbocycles. The molecule has 0 fully saturated rings. The number of aldehydes is 1. The van der Waals surface area contributed by atoms with Crippen LogP contribution in [0.4, 0.5) is 0 Å². The van der Waals surface area contributed by atoms with Gasteiger partial charge in [-0.25, -0.2) is 0 Å². The molecule has 0 saturated carbocycles. The SMILES string of the molecule is C=C[C@H]1C=Cc2ccccc2[C@@]1(C)C=O. The lowest BCUT2D eigenvalue weighted by atomic mass is 9.68. The van der Waals surface area contributed by atoms with E-state index >= 15 is 0 Å². The number of allylic oxidation sites excluding steroid dienone is 2. The molecule has 1 aliphatic rings. The first-order valence-electron chi connectivity index (χ1n) is 5.09. The standard InChI is InChI=1S/C14H14O/c1-3-12-9-8-11-6-4-5-7-13(11)14(12,2)10-15/h3-10,12H,1H2,2H3/t12-,14-/m0/s1. The van der Waals surface area contributed by atoms with Crippen molar-refractivity contribution in [1.29, 1.82) is 0 Å². The molecule has 0 bridgehead atoms. The number of rotatable bonds is 2. The summed E-state index contributed by atoms with van der Waals surface area (Å²) < 4.78 is 0. The lowest BCUT2D eigenvalue weighted by Gasteiger charge is -2.33. The molecule has 0 saturated heterocycles. The van der Waals surface area contributed by atoms with E-state index in [-0.39, 0.29) is 5.92 Å². The molecule has 0 unspecified atom stereocenters. The monoisotopic (exact) mass is 198 g/mol. The molecule has 2 atom stereocenters. The molecular weight excluding hydrogens is 184 g/mol. The molecule has 2 rings (SSSR count). The predicted molar refractivity (Wildman–Crippen MR) is 62.6 cm³/mol. The van der Waals surface area contributed by atoms with Gasteiger partial charge in [-0.2, -0.15) is 0 Å². The summed E-state index contributed by atoms with van der Waals surface area (Å²) in [5, 5.41) is 0. The lowest BCUT2D eigenvalue weighted by molar-refractivity contribution is -0.112. The van der Waals surface area contributed by atoms with Gasteiger partial charge in [0, 0.05) is 5.92 Å².